The van der Waals surface area contributed by atoms with Gasteiger partial charge in [0.15, 0.2) is 5.17 Å². The van der Waals surface area contributed by atoms with Crippen LogP contribution in [0.2, 0.25) is 0 Å². The molecule has 7 nitrogen and oxygen atoms in total. The average molecular weight is 350 g/mol. The number of Topliss-reactive ketones (excluding diaryl/α,β-unsaturated/α-hetero) is 1. The first-order valence-electron chi connectivity index (χ1n) is 4.27. The van der Waals surface area contributed by atoms with E-state index in [1.807, 2.05) is 0 Å². The van der Waals surface area contributed by atoms with Crippen molar-refractivity contribution in [3.8, 4) is 0 Å². The monoisotopic (exact) mass is 348 g/mol. The highest BCUT2D eigenvalue weighted by Crippen LogP contribution is 2.22. The largest absolute Gasteiger partial charge is 0.388 e. The number of nitro groups is 1. The molecule has 17 heavy (non-hydrogen) atoms. The molecule has 1 aliphatic rings. The minimum Gasteiger partial charge on any atom is -0.388 e. The number of halogens is 2. The normalized spacial score (nSPS) is 19.5. The van der Waals surface area contributed by atoms with Gasteiger partial charge in [-0.25, -0.2) is 0 Å². The Morgan fingerprint density at radius 2 is 2.12 bits per heavy atom. The maximum absolute atomic E-state index is 10.6. The number of hydrogen-bond acceptors (Lipinski definition) is 7. The quantitative estimate of drug-likeness (QED) is 0.253. The molecule has 1 unspecified atom stereocenters. The lowest BCUT2D eigenvalue weighted by molar-refractivity contribution is -0.542. The zero-order valence-electron chi connectivity index (χ0n) is 8.67. The number of rotatable bonds is 3. The number of hydrogen-bond donors (Lipinski definition) is 2. The predicted molar refractivity (Wildman–Crippen MR) is 68.2 cm³/mol. The fourth-order valence-corrected chi connectivity index (χ4v) is 1.45. The Hall–Kier alpha value is -0.220. The summed E-state index contributed by atoms with van der Waals surface area (Å²) < 4.78 is 1.88. The van der Waals surface area contributed by atoms with Crippen molar-refractivity contribution in [3.05, 3.63) is 10.1 Å². The van der Waals surface area contributed by atoms with Crippen LogP contribution < -0.4 is 0 Å². The number of nitrogens with zero attached hydrogens (tertiary/aromatic N) is 2. The topological polar surface area (TPSA) is 113 Å². The third kappa shape index (κ3) is 4.88. The van der Waals surface area contributed by atoms with Gasteiger partial charge in [0.1, 0.15) is 13.2 Å². The van der Waals surface area contributed by atoms with Crippen LogP contribution in [0.3, 0.4) is 0 Å². The zero-order valence-corrected chi connectivity index (χ0v) is 11.8. The first kappa shape index (κ1) is 16.8. The number of aliphatic hydroxyl groups excluding tert-OH is 2. The van der Waals surface area contributed by atoms with Crippen molar-refractivity contribution in [2.24, 2.45) is 4.40 Å². The van der Waals surface area contributed by atoms with Gasteiger partial charge in [-0.3, -0.25) is 14.9 Å². The van der Waals surface area contributed by atoms with Gasteiger partial charge in [-0.2, -0.15) is 4.40 Å². The minimum absolute atomic E-state index is 0.0586. The van der Waals surface area contributed by atoms with Crippen LogP contribution in [-0.2, 0) is 4.79 Å². The molecule has 0 aliphatic carbocycles. The third-order valence-electron chi connectivity index (χ3n) is 1.68. The predicted octanol–water partition coefficient (Wildman–Crippen LogP) is 0.582. The highest BCUT2D eigenvalue weighted by molar-refractivity contribution is 9.10. The van der Waals surface area contributed by atoms with Crippen LogP contribution in [0.25, 0.3) is 0 Å². The molecule has 1 aliphatic heterocycles. The molecule has 0 bridgehead atoms. The van der Waals surface area contributed by atoms with E-state index in [-0.39, 0.29) is 16.2 Å². The van der Waals surface area contributed by atoms with Crippen LogP contribution in [0, 0.1) is 10.1 Å². The molecule has 0 saturated heterocycles. The van der Waals surface area contributed by atoms with Gasteiger partial charge in [0.2, 0.25) is 5.78 Å². The average Bonchev–Trinajstić information content (AvgIpc) is 2.60. The fraction of sp³-hybridized carbons (Fsp3) is 0.714. The highest BCUT2D eigenvalue weighted by Gasteiger charge is 2.38. The summed E-state index contributed by atoms with van der Waals surface area (Å²) in [5.74, 6) is -0.0586. The Balaban J connectivity index is 0.000000302. The molecule has 10 heteroatoms. The van der Waals surface area contributed by atoms with Crippen LogP contribution in [0.5, 0.6) is 0 Å². The minimum atomic E-state index is -1.77. The molecule has 0 aromatic carbocycles. The van der Waals surface area contributed by atoms with E-state index in [1.54, 1.807) is 6.92 Å². The lowest BCUT2D eigenvalue weighted by Gasteiger charge is -2.11. The Morgan fingerprint density at radius 1 is 1.65 bits per heavy atom. The van der Waals surface area contributed by atoms with Gasteiger partial charge in [-0.15, -0.1) is 0 Å². The van der Waals surface area contributed by atoms with E-state index in [0.29, 0.717) is 0 Å². The molecule has 0 aromatic heterocycles. The van der Waals surface area contributed by atoms with Crippen molar-refractivity contribution in [1.29, 1.82) is 0 Å². The Bertz CT molecular complexity index is 336. The zero-order chi connectivity index (χ0) is 13.6. The summed E-state index contributed by atoms with van der Waals surface area (Å²) in [5.41, 5.74) is 0. The van der Waals surface area contributed by atoms with Gasteiger partial charge < -0.3 is 10.2 Å². The first-order chi connectivity index (χ1) is 7.78. The van der Waals surface area contributed by atoms with E-state index in [9.17, 15) is 14.9 Å². The summed E-state index contributed by atoms with van der Waals surface area (Å²) >= 11 is 9.11. The van der Waals surface area contributed by atoms with Gasteiger partial charge in [0.25, 0.3) is 0 Å². The molecule has 0 radical (unpaired) electrons. The Kier molecular flexibility index (Phi) is 7.17. The van der Waals surface area contributed by atoms with Gasteiger partial charge in [-0.1, -0.05) is 11.6 Å². The molecule has 98 valence electrons. The van der Waals surface area contributed by atoms with Crippen LogP contribution in [0.4, 0.5) is 0 Å². The van der Waals surface area contributed by atoms with E-state index in [0.717, 1.165) is 0 Å². The van der Waals surface area contributed by atoms with Crippen LogP contribution in [-0.4, -0.2) is 49.0 Å². The highest BCUT2D eigenvalue weighted by atomic mass is 79.9. The molecule has 0 fully saturated rings. The van der Waals surface area contributed by atoms with Gasteiger partial charge >= 0.3 is 4.45 Å². The number of alkyl halides is 1. The second kappa shape index (κ2) is 7.27. The Labute approximate surface area is 115 Å². The van der Waals surface area contributed by atoms with Gasteiger partial charge in [0.05, 0.1) is 5.25 Å². The molecule has 0 spiro atoms. The molecule has 0 saturated carbocycles. The smallest absolute Gasteiger partial charge is 0.319 e. The lowest BCUT2D eigenvalue weighted by atomic mass is 10.3. The van der Waals surface area contributed by atoms with E-state index >= 15 is 0 Å². The molecule has 1 rings (SSSR count). The number of aliphatic hydroxyl groups is 2. The summed E-state index contributed by atoms with van der Waals surface area (Å²) in [7, 11) is 0. The van der Waals surface area contributed by atoms with Crippen LogP contribution in [0.1, 0.15) is 6.92 Å². The van der Waals surface area contributed by atoms with Crippen molar-refractivity contribution in [1.82, 2.24) is 0 Å². The molecule has 1 atom stereocenters. The molecule has 2 N–H and O–H groups in total. The lowest BCUT2D eigenvalue weighted by Crippen LogP contribution is -2.39. The molecule has 1 heterocycles. The summed E-state index contributed by atoms with van der Waals surface area (Å²) in [4.78, 5) is 19.8. The maximum Gasteiger partial charge on any atom is 0.319 e. The van der Waals surface area contributed by atoms with Gasteiger partial charge in [-0.05, 0) is 18.9 Å². The number of carbonyl (C=O) groups excluding carboxylic acids is 1. The summed E-state index contributed by atoms with van der Waals surface area (Å²) in [5, 5.41) is 26.6. The number of carbonyl (C=O) groups is 1. The van der Waals surface area contributed by atoms with E-state index in [4.69, 9.17) is 21.8 Å². The standard InChI is InChI=1S/C4H4ClNOS.C3H6BrNO4/c1-2-3(7)4(5)6-8-2;4-3(1-6,2-7)5(8)9/h2H,1H3;6-7H,1-2H2. The molecular weight excluding hydrogens is 340 g/mol. The summed E-state index contributed by atoms with van der Waals surface area (Å²) in [6.45, 7) is 0.332. The van der Waals surface area contributed by atoms with Gasteiger partial charge in [0, 0.05) is 20.9 Å². The number of ketones is 1. The third-order valence-corrected chi connectivity index (χ3v) is 3.66. The van der Waals surface area contributed by atoms with Crippen molar-refractivity contribution in [2.75, 3.05) is 13.2 Å². The maximum atomic E-state index is 10.6. The summed E-state index contributed by atoms with van der Waals surface area (Å²) in [6.07, 6.45) is 0. The second-order valence-electron chi connectivity index (χ2n) is 2.99. The van der Waals surface area contributed by atoms with E-state index < -0.39 is 22.6 Å². The van der Waals surface area contributed by atoms with Crippen molar-refractivity contribution < 1.29 is 19.9 Å². The van der Waals surface area contributed by atoms with Crippen molar-refractivity contribution in [2.45, 2.75) is 16.6 Å². The Morgan fingerprint density at radius 3 is 2.18 bits per heavy atom. The first-order valence-corrected chi connectivity index (χ1v) is 6.28. The molecular formula is C7H10BrClN2O5S. The molecule has 0 amide bonds. The van der Waals surface area contributed by atoms with Crippen LogP contribution in [0.15, 0.2) is 4.40 Å². The van der Waals surface area contributed by atoms with Crippen LogP contribution >= 0.6 is 39.5 Å². The molecule has 0 aromatic rings. The summed E-state index contributed by atoms with van der Waals surface area (Å²) in [6, 6.07) is 0. The van der Waals surface area contributed by atoms with E-state index in [2.05, 4.69) is 20.3 Å². The van der Waals surface area contributed by atoms with Crippen molar-refractivity contribution >= 4 is 50.4 Å². The second-order valence-corrected chi connectivity index (χ2v) is 5.92. The van der Waals surface area contributed by atoms with E-state index in [1.165, 1.54) is 11.9 Å². The van der Waals surface area contributed by atoms with Crippen molar-refractivity contribution in [3.63, 3.8) is 0 Å². The fourth-order valence-electron chi connectivity index (χ4n) is 0.551. The SMILES string of the molecule is CC1SN=C(Cl)C1=O.O=[N+]([O-])C(Br)(CO)CO.